The van der Waals surface area contributed by atoms with Gasteiger partial charge in [-0.25, -0.2) is 0 Å². The number of rotatable bonds is 0. The van der Waals surface area contributed by atoms with E-state index in [2.05, 4.69) is 9.77 Å². The first kappa shape index (κ1) is 5.29. The topological polar surface area (TPSA) is 17.1 Å². The molecule has 0 saturated heterocycles. The van der Waals surface area contributed by atoms with Gasteiger partial charge in [-0.3, -0.25) is 0 Å². The van der Waals surface area contributed by atoms with E-state index in [4.69, 9.17) is 0 Å². The van der Waals surface area contributed by atoms with Crippen molar-refractivity contribution in [3.05, 3.63) is 0 Å². The minimum absolute atomic E-state index is 0.869. The molecule has 0 atom stereocenters. The molecule has 0 heterocycles. The maximum absolute atomic E-state index is 9.50. The third-order valence-corrected chi connectivity index (χ3v) is 1.76. The van der Waals surface area contributed by atoms with E-state index in [9.17, 15) is 3.32 Å². The fourth-order valence-corrected chi connectivity index (χ4v) is 0.631. The van der Waals surface area contributed by atoms with Crippen molar-refractivity contribution in [3.63, 3.8) is 0 Å². The fourth-order valence-electron chi connectivity index (χ4n) is 0.0510. The molecular weight excluding hydrogens is 116 g/mol. The summed E-state index contributed by atoms with van der Waals surface area (Å²) in [5.41, 5.74) is 2.65. The van der Waals surface area contributed by atoms with Crippen LogP contribution in [0.5, 0.6) is 0 Å². The van der Waals surface area contributed by atoms with Crippen molar-refractivity contribution >= 4 is 10.2 Å². The zero-order valence-corrected chi connectivity index (χ0v) is 6.47. The molecule has 0 radical (unpaired) electrons. The Morgan fingerprint density at radius 2 is 2.40 bits per heavy atom. The second-order valence-corrected chi connectivity index (χ2v) is 1.69. The molecule has 0 aromatic rings. The van der Waals surface area contributed by atoms with Crippen molar-refractivity contribution in [2.45, 2.75) is 0 Å². The monoisotopic (exact) mass is 119 g/mol. The van der Waals surface area contributed by atoms with Crippen molar-refractivity contribution in [1.82, 2.24) is 0 Å². The molecule has 25 valence electrons. The molecule has 0 aliphatic rings. The molecule has 0 saturated carbocycles. The average Bonchev–Trinajstić information content (AvgIpc) is 1.41. The molecule has 0 N–H and O–H groups in total. The van der Waals surface area contributed by atoms with Crippen LogP contribution < -0.4 is 0 Å². The van der Waals surface area contributed by atoms with Gasteiger partial charge in [-0.2, -0.15) is 0 Å². The number of hydrogen-bond acceptors (Lipinski definition) is 1. The molecule has 0 amide bonds. The van der Waals surface area contributed by atoms with Gasteiger partial charge in [0.1, 0.15) is 0 Å². The van der Waals surface area contributed by atoms with Gasteiger partial charge in [0.05, 0.1) is 0 Å². The summed E-state index contributed by atoms with van der Waals surface area (Å²) >= 11 is -1.07. The molecule has 1 nitrogen and oxygen atoms in total. The van der Waals surface area contributed by atoms with Crippen molar-refractivity contribution < 1.29 is 22.4 Å². The maximum atomic E-state index is 9.50. The summed E-state index contributed by atoms with van der Waals surface area (Å²) in [6, 6.07) is 0. The summed E-state index contributed by atoms with van der Waals surface area (Å²) < 4.78 is 12.0. The summed E-state index contributed by atoms with van der Waals surface area (Å²) in [6.45, 7) is 0. The Kier molecular flexibility index (Phi) is 4.54. The van der Waals surface area contributed by atoms with Gasteiger partial charge in [0.15, 0.2) is 0 Å². The normalized spacial score (nSPS) is 4.00. The van der Waals surface area contributed by atoms with Crippen LogP contribution in [0.2, 0.25) is 0 Å². The van der Waals surface area contributed by atoms with Gasteiger partial charge in [0, 0.05) is 0 Å². The van der Waals surface area contributed by atoms with Crippen LogP contribution in [-0.2, 0) is 22.4 Å². The molecule has 0 aromatic carbocycles. The number of hydrogen-bond donors (Lipinski definition) is 0. The van der Waals surface area contributed by atoms with E-state index < -0.39 is 19.1 Å². The molecule has 0 unspecified atom stereocenters. The molecule has 3 heteroatoms. The summed E-state index contributed by atoms with van der Waals surface area (Å²) in [7, 11) is 0.869. The second-order valence-electron chi connectivity index (χ2n) is 0.477. The molecule has 0 aromatic heterocycles. The first-order valence-corrected chi connectivity index (χ1v) is 3.62. The Bertz CT molecular complexity index is 79.4. The second kappa shape index (κ2) is 4.29. The predicted octanol–water partition coefficient (Wildman–Crippen LogP) is -1.30. The van der Waals surface area contributed by atoms with Gasteiger partial charge in [-0.05, 0) is 0 Å². The van der Waals surface area contributed by atoms with Crippen molar-refractivity contribution in [3.8, 4) is 9.77 Å². The van der Waals surface area contributed by atoms with E-state index in [1.54, 1.807) is 0 Å². The van der Waals surface area contributed by atoms with Gasteiger partial charge in [-0.1, -0.05) is 0 Å². The standard InChI is InChI=1S/C2H3Si.O.Ti/c1-2-3;;/h3H3;;. The van der Waals surface area contributed by atoms with Gasteiger partial charge in [-0.15, -0.1) is 0 Å². The molecule has 0 aliphatic carbocycles. The van der Waals surface area contributed by atoms with Crippen LogP contribution in [0.15, 0.2) is 0 Å². The molecule has 5 heavy (non-hydrogen) atoms. The minimum atomic E-state index is -1.07. The summed E-state index contributed by atoms with van der Waals surface area (Å²) in [6.07, 6.45) is 0. The van der Waals surface area contributed by atoms with Crippen LogP contribution >= 0.6 is 0 Å². The quantitative estimate of drug-likeness (QED) is 0.286. The average molecular weight is 119 g/mol. The first-order valence-electron chi connectivity index (χ1n) is 1.20. The SMILES string of the molecule is [O]=[Ti][C]#C[SiH3]. The van der Waals surface area contributed by atoms with E-state index in [-0.39, 0.29) is 0 Å². The predicted molar refractivity (Wildman–Crippen MR) is 18.4 cm³/mol. The molecular formula is C2H3OSiTi. The Labute approximate surface area is 42.8 Å². The van der Waals surface area contributed by atoms with Gasteiger partial charge in [0.25, 0.3) is 0 Å². The van der Waals surface area contributed by atoms with Crippen molar-refractivity contribution in [1.29, 1.82) is 0 Å². The summed E-state index contributed by atoms with van der Waals surface area (Å²) in [5, 5.41) is 0. The van der Waals surface area contributed by atoms with E-state index in [0.717, 1.165) is 10.2 Å². The van der Waals surface area contributed by atoms with E-state index in [1.807, 2.05) is 0 Å². The first-order chi connectivity index (χ1) is 2.41. The molecule has 0 fully saturated rings. The van der Waals surface area contributed by atoms with Crippen LogP contribution in [0, 0.1) is 9.77 Å². The van der Waals surface area contributed by atoms with E-state index in [0.29, 0.717) is 0 Å². The van der Waals surface area contributed by atoms with Crippen LogP contribution in [0.3, 0.4) is 0 Å². The van der Waals surface area contributed by atoms with E-state index >= 15 is 0 Å². The third kappa shape index (κ3) is 4.29. The molecule has 0 bridgehead atoms. The van der Waals surface area contributed by atoms with Crippen molar-refractivity contribution in [2.75, 3.05) is 0 Å². The van der Waals surface area contributed by atoms with E-state index in [1.165, 1.54) is 0 Å². The molecule has 0 rings (SSSR count). The summed E-state index contributed by atoms with van der Waals surface area (Å²) in [4.78, 5) is 0. The van der Waals surface area contributed by atoms with Crippen LogP contribution in [0.1, 0.15) is 0 Å². The van der Waals surface area contributed by atoms with Crippen molar-refractivity contribution in [2.24, 2.45) is 0 Å². The third-order valence-electron chi connectivity index (χ3n) is 0.176. The Balaban J connectivity index is 3.16. The van der Waals surface area contributed by atoms with Gasteiger partial charge in [0.2, 0.25) is 0 Å². The van der Waals surface area contributed by atoms with Gasteiger partial charge >= 0.3 is 42.5 Å². The van der Waals surface area contributed by atoms with Crippen LogP contribution in [0.4, 0.5) is 0 Å². The fraction of sp³-hybridized carbons (Fsp3) is 0. The van der Waals surface area contributed by atoms with Crippen LogP contribution in [0.25, 0.3) is 0 Å². The molecule has 0 aliphatic heterocycles. The zero-order chi connectivity index (χ0) is 4.12. The Hall–Kier alpha value is 0.291. The van der Waals surface area contributed by atoms with Crippen LogP contribution in [-0.4, -0.2) is 10.2 Å². The molecule has 0 spiro atoms. The Morgan fingerprint density at radius 1 is 1.80 bits per heavy atom. The summed E-state index contributed by atoms with van der Waals surface area (Å²) in [5.74, 6) is 0. The Morgan fingerprint density at radius 3 is 2.40 bits per heavy atom. The zero-order valence-electron chi connectivity index (χ0n) is 2.91. The van der Waals surface area contributed by atoms with Gasteiger partial charge < -0.3 is 0 Å².